The van der Waals surface area contributed by atoms with E-state index in [0.717, 1.165) is 29.8 Å². The van der Waals surface area contributed by atoms with E-state index in [0.29, 0.717) is 6.42 Å². The zero-order valence-electron chi connectivity index (χ0n) is 16.7. The normalized spacial score (nSPS) is 14.7. The minimum atomic E-state index is -0.0120. The molecule has 0 atom stereocenters. The molecule has 0 aliphatic carbocycles. The molecule has 4 heteroatoms. The van der Waals surface area contributed by atoms with Crippen LogP contribution in [0.25, 0.3) is 0 Å². The number of carbonyl (C=O) groups is 1. The lowest BCUT2D eigenvalue weighted by Gasteiger charge is -2.25. The van der Waals surface area contributed by atoms with Gasteiger partial charge in [0.25, 0.3) is 0 Å². The van der Waals surface area contributed by atoms with E-state index in [9.17, 15) is 4.79 Å². The van der Waals surface area contributed by atoms with Gasteiger partial charge in [-0.3, -0.25) is 4.79 Å². The molecule has 1 aliphatic heterocycles. The van der Waals surface area contributed by atoms with E-state index in [4.69, 9.17) is 0 Å². The van der Waals surface area contributed by atoms with Gasteiger partial charge in [-0.15, -0.1) is 0 Å². The summed E-state index contributed by atoms with van der Waals surface area (Å²) in [6.45, 7) is 11.4. The van der Waals surface area contributed by atoms with E-state index < -0.39 is 0 Å². The minimum Gasteiger partial charge on any atom is -0.348 e. The summed E-state index contributed by atoms with van der Waals surface area (Å²) in [6.07, 6.45) is 6.09. The first kappa shape index (κ1) is 18.6. The summed E-state index contributed by atoms with van der Waals surface area (Å²) in [6, 6.07) is 6.57. The topological polar surface area (TPSA) is 48.1 Å². The van der Waals surface area contributed by atoms with Crippen LogP contribution in [0.3, 0.4) is 0 Å². The molecular formula is C22H31N3O. The fraction of sp³-hybridized carbons (Fsp3) is 0.500. The zero-order valence-corrected chi connectivity index (χ0v) is 16.7. The Balaban J connectivity index is 1.87. The summed E-state index contributed by atoms with van der Waals surface area (Å²) < 4.78 is 0. The van der Waals surface area contributed by atoms with Crippen LogP contribution in [-0.4, -0.2) is 17.4 Å². The number of carbonyl (C=O) groups excluding carboxylic acids is 1. The third kappa shape index (κ3) is 4.12. The maximum atomic E-state index is 12.4. The van der Waals surface area contributed by atoms with Gasteiger partial charge in [-0.25, -0.2) is 0 Å². The largest absolute Gasteiger partial charge is 0.348 e. The number of aromatic nitrogens is 1. The highest BCUT2D eigenvalue weighted by Crippen LogP contribution is 2.35. The van der Waals surface area contributed by atoms with Gasteiger partial charge in [0.1, 0.15) is 5.82 Å². The first-order valence-corrected chi connectivity index (χ1v) is 9.59. The number of amides is 1. The van der Waals surface area contributed by atoms with Crippen molar-refractivity contribution in [3.8, 4) is 0 Å². The predicted molar refractivity (Wildman–Crippen MR) is 109 cm³/mol. The number of aromatic amines is 1. The van der Waals surface area contributed by atoms with Crippen LogP contribution in [-0.2, 0) is 11.2 Å². The van der Waals surface area contributed by atoms with Crippen molar-refractivity contribution in [3.05, 3.63) is 41.1 Å². The number of hydrogen-bond acceptors (Lipinski definition) is 2. The highest BCUT2D eigenvalue weighted by atomic mass is 16.1. The SMILES string of the molecule is Cc1cc(N2CCCCc3cc[nH]c32)cc(C)c1NC(=O)CC(C)(C)C. The van der Waals surface area contributed by atoms with Gasteiger partial charge in [-0.2, -0.15) is 0 Å². The number of H-pyrrole nitrogens is 1. The molecule has 0 unspecified atom stereocenters. The van der Waals surface area contributed by atoms with E-state index >= 15 is 0 Å². The highest BCUT2D eigenvalue weighted by Gasteiger charge is 2.21. The second-order valence-corrected chi connectivity index (χ2v) is 8.70. The van der Waals surface area contributed by atoms with Gasteiger partial charge in [0.05, 0.1) is 0 Å². The number of benzene rings is 1. The maximum absolute atomic E-state index is 12.4. The number of rotatable bonds is 3. The first-order chi connectivity index (χ1) is 12.2. The second kappa shape index (κ2) is 7.18. The van der Waals surface area contributed by atoms with Crippen LogP contribution in [0.2, 0.25) is 0 Å². The van der Waals surface area contributed by atoms with Crippen LogP contribution in [0.5, 0.6) is 0 Å². The number of fused-ring (bicyclic) bond motifs is 1. The molecule has 0 fully saturated rings. The molecular weight excluding hydrogens is 322 g/mol. The monoisotopic (exact) mass is 353 g/mol. The van der Waals surface area contributed by atoms with Crippen LogP contribution in [0.4, 0.5) is 17.2 Å². The molecule has 2 N–H and O–H groups in total. The molecule has 3 rings (SSSR count). The number of nitrogens with one attached hydrogen (secondary N) is 2. The van der Waals surface area contributed by atoms with E-state index in [1.54, 1.807) is 0 Å². The fourth-order valence-electron chi connectivity index (χ4n) is 3.76. The molecule has 0 bridgehead atoms. The Kier molecular flexibility index (Phi) is 5.12. The number of anilines is 3. The Hall–Kier alpha value is -2.23. The van der Waals surface area contributed by atoms with E-state index in [2.05, 4.69) is 68.0 Å². The van der Waals surface area contributed by atoms with Crippen molar-refractivity contribution in [1.82, 2.24) is 4.98 Å². The van der Waals surface area contributed by atoms with E-state index in [1.807, 2.05) is 6.20 Å². The molecule has 140 valence electrons. The molecule has 2 aromatic rings. The molecule has 2 heterocycles. The Morgan fingerprint density at radius 1 is 1.19 bits per heavy atom. The third-order valence-electron chi connectivity index (χ3n) is 4.94. The summed E-state index contributed by atoms with van der Waals surface area (Å²) in [5.41, 5.74) is 5.74. The Bertz CT molecular complexity index is 775. The van der Waals surface area contributed by atoms with Gasteiger partial charge in [-0.05, 0) is 73.4 Å². The summed E-state index contributed by atoms with van der Waals surface area (Å²) in [5.74, 6) is 1.30. The highest BCUT2D eigenvalue weighted by molar-refractivity contribution is 5.93. The Labute approximate surface area is 157 Å². The van der Waals surface area contributed by atoms with Gasteiger partial charge in [0.2, 0.25) is 5.91 Å². The van der Waals surface area contributed by atoms with Crippen LogP contribution in [0, 0.1) is 19.3 Å². The van der Waals surface area contributed by atoms with Gasteiger partial charge in [0, 0.05) is 30.5 Å². The number of nitrogens with zero attached hydrogens (tertiary/aromatic N) is 1. The summed E-state index contributed by atoms with van der Waals surface area (Å²) >= 11 is 0. The minimum absolute atomic E-state index is 0.0120. The quantitative estimate of drug-likeness (QED) is 0.767. The maximum Gasteiger partial charge on any atom is 0.224 e. The first-order valence-electron chi connectivity index (χ1n) is 9.59. The third-order valence-corrected chi connectivity index (χ3v) is 4.94. The predicted octanol–water partition coefficient (Wildman–Crippen LogP) is 5.48. The lowest BCUT2D eigenvalue weighted by atomic mass is 9.92. The molecule has 1 aromatic carbocycles. The average Bonchev–Trinajstić information content (AvgIpc) is 2.88. The van der Waals surface area contributed by atoms with Crippen molar-refractivity contribution in [3.63, 3.8) is 0 Å². The molecule has 4 nitrogen and oxygen atoms in total. The zero-order chi connectivity index (χ0) is 18.9. The second-order valence-electron chi connectivity index (χ2n) is 8.70. The molecule has 26 heavy (non-hydrogen) atoms. The van der Waals surface area contributed by atoms with Gasteiger partial charge >= 0.3 is 0 Å². The lowest BCUT2D eigenvalue weighted by molar-refractivity contribution is -0.117. The van der Waals surface area contributed by atoms with Crippen molar-refractivity contribution >= 4 is 23.1 Å². The average molecular weight is 354 g/mol. The molecule has 0 saturated heterocycles. The molecule has 1 aliphatic rings. The van der Waals surface area contributed by atoms with Gasteiger partial charge in [0.15, 0.2) is 0 Å². The fourth-order valence-corrected chi connectivity index (χ4v) is 3.76. The molecule has 0 saturated carbocycles. The Morgan fingerprint density at radius 3 is 2.54 bits per heavy atom. The van der Waals surface area contributed by atoms with Crippen molar-refractivity contribution < 1.29 is 4.79 Å². The van der Waals surface area contributed by atoms with Gasteiger partial charge in [-0.1, -0.05) is 20.8 Å². The van der Waals surface area contributed by atoms with Crippen LogP contribution >= 0.6 is 0 Å². The van der Waals surface area contributed by atoms with E-state index in [-0.39, 0.29) is 11.3 Å². The molecule has 0 spiro atoms. The van der Waals surface area contributed by atoms with Crippen LogP contribution in [0.15, 0.2) is 24.4 Å². The number of hydrogen-bond donors (Lipinski definition) is 2. The van der Waals surface area contributed by atoms with Crippen LogP contribution < -0.4 is 10.2 Å². The van der Waals surface area contributed by atoms with Gasteiger partial charge < -0.3 is 15.2 Å². The Morgan fingerprint density at radius 2 is 1.88 bits per heavy atom. The van der Waals surface area contributed by atoms with Crippen molar-refractivity contribution in [2.75, 3.05) is 16.8 Å². The standard InChI is InChI=1S/C22H31N3O/c1-15-12-18(25-11-7-6-8-17-9-10-23-21(17)25)13-16(2)20(15)24-19(26)14-22(3,4)5/h9-10,12-13,23H,6-8,11,14H2,1-5H3,(H,24,26). The van der Waals surface area contributed by atoms with Crippen molar-refractivity contribution in [1.29, 1.82) is 0 Å². The van der Waals surface area contributed by atoms with Crippen LogP contribution in [0.1, 0.15) is 56.7 Å². The number of aryl methyl sites for hydroxylation is 3. The summed E-state index contributed by atoms with van der Waals surface area (Å²) in [4.78, 5) is 18.2. The molecule has 1 aromatic heterocycles. The van der Waals surface area contributed by atoms with E-state index in [1.165, 1.54) is 29.9 Å². The summed E-state index contributed by atoms with van der Waals surface area (Å²) in [7, 11) is 0. The molecule has 1 amide bonds. The summed E-state index contributed by atoms with van der Waals surface area (Å²) in [5, 5.41) is 3.13. The smallest absolute Gasteiger partial charge is 0.224 e. The molecule has 0 radical (unpaired) electrons. The van der Waals surface area contributed by atoms with Crippen molar-refractivity contribution in [2.24, 2.45) is 5.41 Å². The lowest BCUT2D eigenvalue weighted by Crippen LogP contribution is -2.21. The van der Waals surface area contributed by atoms with Crippen molar-refractivity contribution in [2.45, 2.75) is 60.3 Å².